The van der Waals surface area contributed by atoms with Crippen LogP contribution >= 0.6 is 0 Å². The minimum atomic E-state index is -1.97. The maximum Gasteiger partial charge on any atom is 0.330 e. The summed E-state index contributed by atoms with van der Waals surface area (Å²) in [6.45, 7) is -2.47. The molecule has 5 rings (SSSR count). The summed E-state index contributed by atoms with van der Waals surface area (Å²) in [5, 5.41) is 116. The van der Waals surface area contributed by atoms with Crippen molar-refractivity contribution in [3.63, 3.8) is 0 Å². The Morgan fingerprint density at radius 3 is 1.86 bits per heavy atom. The van der Waals surface area contributed by atoms with Gasteiger partial charge >= 0.3 is 5.97 Å². The van der Waals surface area contributed by atoms with Gasteiger partial charge in [-0.1, -0.05) is 12.1 Å². The summed E-state index contributed by atoms with van der Waals surface area (Å²) < 4.78 is 49.8. The van der Waals surface area contributed by atoms with Crippen molar-refractivity contribution in [3.8, 4) is 23.0 Å². The van der Waals surface area contributed by atoms with Crippen LogP contribution in [-0.2, 0) is 44.4 Å². The summed E-state index contributed by atoms with van der Waals surface area (Å²) in [5.74, 6) is -0.765. The summed E-state index contributed by atoms with van der Waals surface area (Å²) in [6.07, 6.45) is -24.0. The van der Waals surface area contributed by atoms with Crippen molar-refractivity contribution in [3.05, 3.63) is 53.6 Å². The van der Waals surface area contributed by atoms with Crippen LogP contribution in [0, 0.1) is 0 Å². The predicted octanol–water partition coefficient (Wildman–Crippen LogP) is -3.61. The number of esters is 1. The second kappa shape index (κ2) is 20.5. The number of ether oxygens (including phenoxy) is 9. The number of aliphatic hydroxyl groups excluding tert-OH is 9. The molecule has 11 N–H and O–H groups in total. The lowest BCUT2D eigenvalue weighted by Gasteiger charge is -2.48. The normalized spacial score (nSPS) is 35.5. The number of rotatable bonds is 16. The Labute approximate surface area is 331 Å². The SMILES string of the molecule is COc1ccc(/C=C/C(=O)OC[C@@H]2O[C@@H](OCCc3ccc(OC)c(O)c3)[C@@H](O)[C@H](O[C@@H]3O[C@@H](CO)[C@@H](O)[C@@H](O)[C@@H]3O[C@@H]3O[C@H](CO)[C@@H](O)[C@@H](O)[C@@H]3O)[C@@H]2O)cc1O. The smallest absolute Gasteiger partial charge is 0.330 e. The van der Waals surface area contributed by atoms with Gasteiger partial charge in [0.05, 0.1) is 34.0 Å². The van der Waals surface area contributed by atoms with Gasteiger partial charge in [0.2, 0.25) is 0 Å². The minimum Gasteiger partial charge on any atom is -0.504 e. The first-order chi connectivity index (χ1) is 27.7. The average molecular weight is 831 g/mol. The Kier molecular flexibility index (Phi) is 16.0. The highest BCUT2D eigenvalue weighted by Crippen LogP contribution is 2.34. The Morgan fingerprint density at radius 2 is 1.24 bits per heavy atom. The van der Waals surface area contributed by atoms with Crippen LogP contribution in [0.2, 0.25) is 0 Å². The van der Waals surface area contributed by atoms with Crippen molar-refractivity contribution in [1.82, 2.24) is 0 Å². The van der Waals surface area contributed by atoms with E-state index in [4.69, 9.17) is 42.6 Å². The molecule has 0 radical (unpaired) electrons. The third-order valence-electron chi connectivity index (χ3n) is 9.82. The largest absolute Gasteiger partial charge is 0.504 e. The first kappa shape index (κ1) is 45.3. The molecule has 0 spiro atoms. The van der Waals surface area contributed by atoms with Crippen molar-refractivity contribution in [1.29, 1.82) is 0 Å². The molecule has 58 heavy (non-hydrogen) atoms. The number of benzene rings is 2. The van der Waals surface area contributed by atoms with E-state index in [-0.39, 0.29) is 36.0 Å². The van der Waals surface area contributed by atoms with E-state index in [1.54, 1.807) is 12.1 Å². The molecule has 2 aromatic rings. The van der Waals surface area contributed by atoms with Crippen LogP contribution in [0.25, 0.3) is 6.08 Å². The average Bonchev–Trinajstić information content (AvgIpc) is 3.21. The van der Waals surface area contributed by atoms with Crippen LogP contribution in [0.15, 0.2) is 42.5 Å². The van der Waals surface area contributed by atoms with Crippen LogP contribution < -0.4 is 9.47 Å². The summed E-state index contributed by atoms with van der Waals surface area (Å²) in [5.41, 5.74) is 1.02. The van der Waals surface area contributed by atoms with Gasteiger partial charge in [-0.05, 0) is 47.9 Å². The first-order valence-corrected chi connectivity index (χ1v) is 18.2. The molecule has 2 aromatic carbocycles. The van der Waals surface area contributed by atoms with Crippen molar-refractivity contribution < 1.29 is 104 Å². The van der Waals surface area contributed by atoms with Crippen LogP contribution in [0.1, 0.15) is 11.1 Å². The van der Waals surface area contributed by atoms with Gasteiger partial charge in [0.15, 0.2) is 41.9 Å². The van der Waals surface area contributed by atoms with E-state index in [2.05, 4.69) is 0 Å². The number of hydrogen-bond acceptors (Lipinski definition) is 21. The van der Waals surface area contributed by atoms with Gasteiger partial charge in [-0.25, -0.2) is 4.79 Å². The lowest BCUT2D eigenvalue weighted by Crippen LogP contribution is -2.67. The van der Waals surface area contributed by atoms with E-state index in [1.807, 2.05) is 0 Å². The third kappa shape index (κ3) is 10.5. The first-order valence-electron chi connectivity index (χ1n) is 18.2. The fraction of sp³-hybridized carbons (Fsp3) is 0.595. The van der Waals surface area contributed by atoms with Gasteiger partial charge in [0.1, 0.15) is 79.9 Å². The Bertz CT molecular complexity index is 1660. The number of phenols is 2. The van der Waals surface area contributed by atoms with Gasteiger partial charge in [0.25, 0.3) is 0 Å². The van der Waals surface area contributed by atoms with Crippen molar-refractivity contribution in [2.45, 2.75) is 98.5 Å². The van der Waals surface area contributed by atoms with Crippen LogP contribution in [0.3, 0.4) is 0 Å². The van der Waals surface area contributed by atoms with Gasteiger partial charge < -0.3 is 98.8 Å². The molecule has 3 saturated heterocycles. The zero-order chi connectivity index (χ0) is 42.3. The third-order valence-corrected chi connectivity index (χ3v) is 9.82. The molecule has 324 valence electrons. The van der Waals surface area contributed by atoms with Gasteiger partial charge in [-0.15, -0.1) is 0 Å². The molecule has 0 unspecified atom stereocenters. The number of phenolic OH excluding ortho intramolecular Hbond substituents is 2. The molecule has 21 heteroatoms. The maximum atomic E-state index is 12.7. The highest BCUT2D eigenvalue weighted by Gasteiger charge is 2.54. The standard InChI is InChI=1S/C37H50O21/c1-50-20-6-3-16(11-18(20)40)5-8-25(42)53-15-24-28(45)33(32(49)35(56-24)52-10-9-17-4-7-21(51-2)19(41)12-17)57-37-34(30(47)27(44)23(14-39)55-37)58-36-31(48)29(46)26(43)22(13-38)54-36/h3-8,11-12,22-24,26-41,43-49H,9-10,13-15H2,1-2H3/b8-5+/t22-,23+,24+,26-,27-,28-,29-,30-,31+,32+,33-,34+,35-,36+,37+/m1/s1. The van der Waals surface area contributed by atoms with E-state index in [0.29, 0.717) is 11.1 Å². The minimum absolute atomic E-state index is 0.133. The molecule has 0 saturated carbocycles. The topological polar surface area (TPSA) is 323 Å². The molecule has 0 aromatic heterocycles. The molecule has 3 fully saturated rings. The van der Waals surface area contributed by atoms with E-state index < -0.39 is 118 Å². The predicted molar refractivity (Wildman–Crippen MR) is 191 cm³/mol. The molecule has 3 heterocycles. The lowest BCUT2D eigenvalue weighted by atomic mass is 9.96. The highest BCUT2D eigenvalue weighted by atomic mass is 16.8. The number of aromatic hydroxyl groups is 2. The van der Waals surface area contributed by atoms with Gasteiger partial charge in [0, 0.05) is 6.08 Å². The second-order valence-electron chi connectivity index (χ2n) is 13.7. The summed E-state index contributed by atoms with van der Waals surface area (Å²) in [6, 6.07) is 9.01. The Hall–Kier alpha value is -3.75. The maximum absolute atomic E-state index is 12.7. The van der Waals surface area contributed by atoms with Gasteiger partial charge in [-0.2, -0.15) is 0 Å². The van der Waals surface area contributed by atoms with Crippen molar-refractivity contribution in [2.75, 3.05) is 40.6 Å². The Morgan fingerprint density at radius 1 is 0.655 bits per heavy atom. The second-order valence-corrected chi connectivity index (χ2v) is 13.7. The number of hydrogen-bond donors (Lipinski definition) is 11. The van der Waals surface area contributed by atoms with E-state index in [9.17, 15) is 61.0 Å². The van der Waals surface area contributed by atoms with Crippen LogP contribution in [-0.4, -0.2) is 195 Å². The molecular weight excluding hydrogens is 780 g/mol. The zero-order valence-corrected chi connectivity index (χ0v) is 31.3. The highest BCUT2D eigenvalue weighted by molar-refractivity contribution is 5.87. The van der Waals surface area contributed by atoms with Crippen molar-refractivity contribution in [2.24, 2.45) is 0 Å². The van der Waals surface area contributed by atoms with E-state index in [0.717, 1.165) is 6.08 Å². The fourth-order valence-electron chi connectivity index (χ4n) is 6.51. The number of carbonyl (C=O) groups excluding carboxylic acids is 1. The number of aliphatic hydroxyl groups is 9. The summed E-state index contributed by atoms with van der Waals surface area (Å²) in [7, 11) is 2.76. The van der Waals surface area contributed by atoms with Gasteiger partial charge in [-0.3, -0.25) is 0 Å². The molecule has 0 amide bonds. The molecular formula is C37H50O21. The number of carbonyl (C=O) groups is 1. The summed E-state index contributed by atoms with van der Waals surface area (Å²) >= 11 is 0. The molecule has 3 aliphatic heterocycles. The van der Waals surface area contributed by atoms with Crippen LogP contribution in [0.5, 0.6) is 23.0 Å². The molecule has 3 aliphatic rings. The Balaban J connectivity index is 1.35. The van der Waals surface area contributed by atoms with E-state index in [1.165, 1.54) is 44.6 Å². The van der Waals surface area contributed by atoms with E-state index >= 15 is 0 Å². The number of methoxy groups -OCH3 is 2. The molecule has 0 bridgehead atoms. The lowest BCUT2D eigenvalue weighted by molar-refractivity contribution is -0.389. The fourth-order valence-corrected chi connectivity index (χ4v) is 6.51. The van der Waals surface area contributed by atoms with Crippen LogP contribution in [0.4, 0.5) is 0 Å². The van der Waals surface area contributed by atoms with Crippen molar-refractivity contribution >= 4 is 12.0 Å². The molecule has 0 aliphatic carbocycles. The zero-order valence-electron chi connectivity index (χ0n) is 31.3. The quantitative estimate of drug-likeness (QED) is 0.0575. The summed E-state index contributed by atoms with van der Waals surface area (Å²) in [4.78, 5) is 12.7. The monoisotopic (exact) mass is 830 g/mol. The molecule has 21 nitrogen and oxygen atoms in total. The molecule has 15 atom stereocenters.